The number of hydrogen-bond acceptors (Lipinski definition) is 5. The summed E-state index contributed by atoms with van der Waals surface area (Å²) in [5.74, 6) is -1.54. The van der Waals surface area contributed by atoms with Crippen molar-refractivity contribution < 1.29 is 14.7 Å². The summed E-state index contributed by atoms with van der Waals surface area (Å²) in [4.78, 5) is 28.6. The zero-order chi connectivity index (χ0) is 12.1. The summed E-state index contributed by atoms with van der Waals surface area (Å²) in [6.07, 6.45) is 1.07. The SMILES string of the molecule is NC(=O)c1cnc(Cl)nc1NCCC(=O)O. The highest BCUT2D eigenvalue weighted by atomic mass is 35.5. The van der Waals surface area contributed by atoms with Crippen molar-refractivity contribution in [2.75, 3.05) is 11.9 Å². The molecule has 0 saturated heterocycles. The first-order valence-corrected chi connectivity index (χ1v) is 4.66. The van der Waals surface area contributed by atoms with Crippen molar-refractivity contribution in [3.8, 4) is 0 Å². The molecule has 1 rings (SSSR count). The Bertz CT molecular complexity index is 424. The summed E-state index contributed by atoms with van der Waals surface area (Å²) in [6.45, 7) is 0.114. The molecule has 0 aliphatic carbocycles. The largest absolute Gasteiger partial charge is 0.481 e. The average Bonchev–Trinajstić information content (AvgIpc) is 2.16. The van der Waals surface area contributed by atoms with Gasteiger partial charge in [-0.05, 0) is 11.6 Å². The third-order valence-corrected chi connectivity index (χ3v) is 1.84. The van der Waals surface area contributed by atoms with E-state index in [4.69, 9.17) is 22.4 Å². The van der Waals surface area contributed by atoms with Crippen molar-refractivity contribution in [1.82, 2.24) is 9.97 Å². The van der Waals surface area contributed by atoms with Crippen LogP contribution in [0.25, 0.3) is 0 Å². The summed E-state index contributed by atoms with van der Waals surface area (Å²) >= 11 is 5.53. The van der Waals surface area contributed by atoms with E-state index in [1.54, 1.807) is 0 Å². The molecule has 0 spiro atoms. The molecule has 0 unspecified atom stereocenters. The quantitative estimate of drug-likeness (QED) is 0.633. The fourth-order valence-corrected chi connectivity index (χ4v) is 1.10. The van der Waals surface area contributed by atoms with E-state index in [0.717, 1.165) is 0 Å². The number of aromatic nitrogens is 2. The van der Waals surface area contributed by atoms with Crippen molar-refractivity contribution in [1.29, 1.82) is 0 Å². The van der Waals surface area contributed by atoms with Gasteiger partial charge in [-0.25, -0.2) is 4.98 Å². The number of aliphatic carboxylic acids is 1. The first-order chi connectivity index (χ1) is 7.50. The molecule has 86 valence electrons. The van der Waals surface area contributed by atoms with Crippen LogP contribution in [-0.4, -0.2) is 33.5 Å². The van der Waals surface area contributed by atoms with Crippen LogP contribution in [0.3, 0.4) is 0 Å². The van der Waals surface area contributed by atoms with Crippen LogP contribution in [0, 0.1) is 0 Å². The predicted octanol–water partition coefficient (Wildman–Crippen LogP) is 0.115. The lowest BCUT2D eigenvalue weighted by Crippen LogP contribution is -2.17. The minimum atomic E-state index is -0.965. The van der Waals surface area contributed by atoms with Gasteiger partial charge in [-0.3, -0.25) is 9.59 Å². The Labute approximate surface area is 95.6 Å². The smallest absolute Gasteiger partial charge is 0.305 e. The topological polar surface area (TPSA) is 118 Å². The normalized spacial score (nSPS) is 9.81. The van der Waals surface area contributed by atoms with Crippen LogP contribution in [0.1, 0.15) is 16.8 Å². The maximum Gasteiger partial charge on any atom is 0.305 e. The third kappa shape index (κ3) is 3.35. The fraction of sp³-hybridized carbons (Fsp3) is 0.250. The molecule has 0 aliphatic heterocycles. The number of halogens is 1. The van der Waals surface area contributed by atoms with Crippen molar-refractivity contribution in [3.63, 3.8) is 0 Å². The summed E-state index contributed by atoms with van der Waals surface area (Å²) in [6, 6.07) is 0. The summed E-state index contributed by atoms with van der Waals surface area (Å²) < 4.78 is 0. The van der Waals surface area contributed by atoms with Gasteiger partial charge in [-0.2, -0.15) is 4.98 Å². The molecule has 1 amide bonds. The Hall–Kier alpha value is -1.89. The molecule has 1 aromatic rings. The lowest BCUT2D eigenvalue weighted by molar-refractivity contribution is -0.136. The number of nitrogens with one attached hydrogen (secondary N) is 1. The van der Waals surface area contributed by atoms with E-state index < -0.39 is 11.9 Å². The third-order valence-electron chi connectivity index (χ3n) is 1.66. The first kappa shape index (κ1) is 12.2. The summed E-state index contributed by atoms with van der Waals surface area (Å²) in [5, 5.41) is 11.0. The summed E-state index contributed by atoms with van der Waals surface area (Å²) in [7, 11) is 0. The van der Waals surface area contributed by atoms with E-state index in [-0.39, 0.29) is 29.6 Å². The number of anilines is 1. The van der Waals surface area contributed by atoms with Crippen LogP contribution in [0.4, 0.5) is 5.82 Å². The van der Waals surface area contributed by atoms with Crippen molar-refractivity contribution >= 4 is 29.3 Å². The second-order valence-corrected chi connectivity index (χ2v) is 3.17. The Morgan fingerprint density at radius 3 is 2.81 bits per heavy atom. The highest BCUT2D eigenvalue weighted by Gasteiger charge is 2.11. The molecule has 0 atom stereocenters. The minimum Gasteiger partial charge on any atom is -0.481 e. The Kier molecular flexibility index (Phi) is 4.01. The van der Waals surface area contributed by atoms with Gasteiger partial charge in [-0.1, -0.05) is 0 Å². The molecule has 0 aromatic carbocycles. The molecule has 4 N–H and O–H groups in total. The number of carboxylic acid groups (broad SMARTS) is 1. The number of nitrogens with two attached hydrogens (primary N) is 1. The standard InChI is InChI=1S/C8H9ClN4O3/c9-8-12-3-4(6(10)16)7(13-8)11-2-1-5(14)15/h3H,1-2H2,(H2,10,16)(H,14,15)(H,11,12,13). The molecule has 0 saturated carbocycles. The highest BCUT2D eigenvalue weighted by Crippen LogP contribution is 2.13. The molecule has 16 heavy (non-hydrogen) atoms. The number of rotatable bonds is 5. The van der Waals surface area contributed by atoms with Gasteiger partial charge in [0.2, 0.25) is 5.28 Å². The minimum absolute atomic E-state index is 0.0529. The monoisotopic (exact) mass is 244 g/mol. The molecular formula is C8H9ClN4O3. The predicted molar refractivity (Wildman–Crippen MR) is 56.3 cm³/mol. The Balaban J connectivity index is 2.80. The molecule has 1 aromatic heterocycles. The van der Waals surface area contributed by atoms with E-state index in [2.05, 4.69) is 15.3 Å². The van der Waals surface area contributed by atoms with Gasteiger partial charge >= 0.3 is 5.97 Å². The molecule has 8 heteroatoms. The van der Waals surface area contributed by atoms with Crippen LogP contribution < -0.4 is 11.1 Å². The second-order valence-electron chi connectivity index (χ2n) is 2.84. The highest BCUT2D eigenvalue weighted by molar-refractivity contribution is 6.28. The summed E-state index contributed by atoms with van der Waals surface area (Å²) in [5.41, 5.74) is 5.14. The van der Waals surface area contributed by atoms with Gasteiger partial charge in [0.05, 0.1) is 12.0 Å². The number of hydrogen-bond donors (Lipinski definition) is 3. The van der Waals surface area contributed by atoms with Crippen LogP contribution in [-0.2, 0) is 4.79 Å². The molecule has 0 radical (unpaired) electrons. The number of nitrogens with zero attached hydrogens (tertiary/aromatic N) is 2. The van der Waals surface area contributed by atoms with Crippen molar-refractivity contribution in [2.24, 2.45) is 5.73 Å². The van der Waals surface area contributed by atoms with Crippen LogP contribution in [0.2, 0.25) is 5.28 Å². The van der Waals surface area contributed by atoms with E-state index in [1.807, 2.05) is 0 Å². The lowest BCUT2D eigenvalue weighted by Gasteiger charge is -2.07. The maximum atomic E-state index is 11.0. The van der Waals surface area contributed by atoms with Gasteiger partial charge in [0.15, 0.2) is 0 Å². The number of amides is 1. The van der Waals surface area contributed by atoms with Gasteiger partial charge in [0.25, 0.3) is 5.91 Å². The average molecular weight is 245 g/mol. The Morgan fingerprint density at radius 2 is 2.25 bits per heavy atom. The number of primary amides is 1. The van der Waals surface area contributed by atoms with E-state index in [0.29, 0.717) is 0 Å². The van der Waals surface area contributed by atoms with E-state index >= 15 is 0 Å². The van der Waals surface area contributed by atoms with Crippen molar-refractivity contribution in [2.45, 2.75) is 6.42 Å². The van der Waals surface area contributed by atoms with Crippen molar-refractivity contribution in [3.05, 3.63) is 17.0 Å². The van der Waals surface area contributed by atoms with Gasteiger partial charge in [0, 0.05) is 12.7 Å². The van der Waals surface area contributed by atoms with Crippen LogP contribution in [0.5, 0.6) is 0 Å². The second kappa shape index (κ2) is 5.26. The zero-order valence-corrected chi connectivity index (χ0v) is 8.86. The number of carbonyl (C=O) groups excluding carboxylic acids is 1. The maximum absolute atomic E-state index is 11.0. The van der Waals surface area contributed by atoms with Crippen LogP contribution >= 0.6 is 11.6 Å². The van der Waals surface area contributed by atoms with Gasteiger partial charge in [-0.15, -0.1) is 0 Å². The van der Waals surface area contributed by atoms with Gasteiger partial charge in [0.1, 0.15) is 5.82 Å². The lowest BCUT2D eigenvalue weighted by atomic mass is 10.3. The number of carbonyl (C=O) groups is 2. The Morgan fingerprint density at radius 1 is 1.56 bits per heavy atom. The molecule has 1 heterocycles. The molecule has 0 fully saturated rings. The zero-order valence-electron chi connectivity index (χ0n) is 8.11. The van der Waals surface area contributed by atoms with E-state index in [1.165, 1.54) is 6.20 Å². The first-order valence-electron chi connectivity index (χ1n) is 4.28. The van der Waals surface area contributed by atoms with Crippen LogP contribution in [0.15, 0.2) is 6.20 Å². The number of carboxylic acids is 1. The van der Waals surface area contributed by atoms with E-state index in [9.17, 15) is 9.59 Å². The van der Waals surface area contributed by atoms with Gasteiger partial charge < -0.3 is 16.2 Å². The molecule has 7 nitrogen and oxygen atoms in total. The fourth-order valence-electron chi connectivity index (χ4n) is 0.963. The molecule has 0 bridgehead atoms. The molecule has 0 aliphatic rings. The molecular weight excluding hydrogens is 236 g/mol.